The molecule has 0 radical (unpaired) electrons. The predicted molar refractivity (Wildman–Crippen MR) is 76.9 cm³/mol. The van der Waals surface area contributed by atoms with E-state index in [2.05, 4.69) is 10.3 Å². The Morgan fingerprint density at radius 1 is 1.50 bits per heavy atom. The molecule has 20 heavy (non-hydrogen) atoms. The molecule has 1 aromatic carbocycles. The van der Waals surface area contributed by atoms with Gasteiger partial charge in [0.15, 0.2) is 17.1 Å². The summed E-state index contributed by atoms with van der Waals surface area (Å²) in [5, 5.41) is 5.00. The molecule has 0 aliphatic heterocycles. The van der Waals surface area contributed by atoms with Gasteiger partial charge in [0.2, 0.25) is 0 Å². The zero-order valence-electron chi connectivity index (χ0n) is 10.8. The monoisotopic (exact) mass is 289 g/mol. The van der Waals surface area contributed by atoms with Crippen molar-refractivity contribution in [2.75, 3.05) is 5.32 Å². The van der Waals surface area contributed by atoms with Crippen molar-refractivity contribution in [3.63, 3.8) is 0 Å². The third-order valence-corrected chi connectivity index (χ3v) is 3.85. The first-order valence-electron chi connectivity index (χ1n) is 6.08. The third kappa shape index (κ3) is 2.18. The highest BCUT2D eigenvalue weighted by Crippen LogP contribution is 2.20. The zero-order chi connectivity index (χ0) is 14.1. The van der Waals surface area contributed by atoms with Gasteiger partial charge in [0.1, 0.15) is 11.5 Å². The molecule has 0 bridgehead atoms. The summed E-state index contributed by atoms with van der Waals surface area (Å²) in [4.78, 5) is 16.3. The Labute approximate surface area is 118 Å². The Morgan fingerprint density at radius 3 is 3.10 bits per heavy atom. The van der Waals surface area contributed by atoms with E-state index in [-0.39, 0.29) is 5.82 Å². The lowest BCUT2D eigenvalue weighted by molar-refractivity contribution is 0.111. The molecule has 0 amide bonds. The second-order valence-corrected chi connectivity index (χ2v) is 5.33. The number of carbonyl (C=O) groups excluding carboxylic acids is 1. The minimum absolute atomic E-state index is 0.218. The second kappa shape index (κ2) is 5.05. The lowest BCUT2D eigenvalue weighted by Crippen LogP contribution is -2.03. The van der Waals surface area contributed by atoms with Crippen molar-refractivity contribution in [3.05, 3.63) is 52.4 Å². The smallest absolute Gasteiger partial charge is 0.196 e. The molecule has 3 aromatic rings. The van der Waals surface area contributed by atoms with Crippen molar-refractivity contribution >= 4 is 28.4 Å². The van der Waals surface area contributed by atoms with Gasteiger partial charge in [-0.05, 0) is 24.1 Å². The molecule has 2 heterocycles. The Kier molecular flexibility index (Phi) is 3.23. The number of carbonyl (C=O) groups is 1. The maximum atomic E-state index is 13.2. The van der Waals surface area contributed by atoms with Gasteiger partial charge in [-0.15, -0.1) is 11.3 Å². The largest absolute Gasteiger partial charge is 0.364 e. The summed E-state index contributed by atoms with van der Waals surface area (Å²) in [6.45, 7) is 2.22. The van der Waals surface area contributed by atoms with Crippen LogP contribution in [0.1, 0.15) is 21.6 Å². The number of benzene rings is 1. The Morgan fingerprint density at radius 2 is 2.35 bits per heavy atom. The number of anilines is 1. The summed E-state index contributed by atoms with van der Waals surface area (Å²) in [7, 11) is 0. The van der Waals surface area contributed by atoms with Crippen molar-refractivity contribution < 1.29 is 9.18 Å². The molecule has 6 heteroatoms. The molecule has 3 rings (SSSR count). The van der Waals surface area contributed by atoms with Crippen LogP contribution in [0.2, 0.25) is 0 Å². The van der Waals surface area contributed by atoms with E-state index in [9.17, 15) is 9.18 Å². The lowest BCUT2D eigenvalue weighted by Gasteiger charge is -2.05. The van der Waals surface area contributed by atoms with Crippen LogP contribution in [0.3, 0.4) is 0 Å². The maximum Gasteiger partial charge on any atom is 0.196 e. The van der Waals surface area contributed by atoms with Crippen LogP contribution in [-0.4, -0.2) is 15.7 Å². The Bertz CT molecular complexity index is 778. The van der Waals surface area contributed by atoms with Gasteiger partial charge >= 0.3 is 0 Å². The first kappa shape index (κ1) is 12.8. The molecule has 102 valence electrons. The summed E-state index contributed by atoms with van der Waals surface area (Å²) >= 11 is 1.47. The minimum Gasteiger partial charge on any atom is -0.364 e. The van der Waals surface area contributed by atoms with Crippen LogP contribution in [-0.2, 0) is 6.54 Å². The van der Waals surface area contributed by atoms with E-state index >= 15 is 0 Å². The van der Waals surface area contributed by atoms with E-state index in [0.29, 0.717) is 23.6 Å². The number of aromatic nitrogens is 2. The number of hydrogen-bond donors (Lipinski definition) is 1. The quantitative estimate of drug-likeness (QED) is 0.750. The molecule has 4 nitrogen and oxygen atoms in total. The van der Waals surface area contributed by atoms with Gasteiger partial charge in [-0.1, -0.05) is 12.1 Å². The maximum absolute atomic E-state index is 13.2. The van der Waals surface area contributed by atoms with E-state index in [1.807, 2.05) is 11.6 Å². The van der Waals surface area contributed by atoms with Crippen LogP contribution in [0.15, 0.2) is 29.8 Å². The molecule has 0 saturated heterocycles. The van der Waals surface area contributed by atoms with E-state index < -0.39 is 0 Å². The van der Waals surface area contributed by atoms with Crippen LogP contribution in [0.4, 0.5) is 10.2 Å². The van der Waals surface area contributed by atoms with Crippen molar-refractivity contribution in [1.29, 1.82) is 0 Å². The zero-order valence-corrected chi connectivity index (χ0v) is 11.6. The highest BCUT2D eigenvalue weighted by Gasteiger charge is 2.12. The molecular weight excluding hydrogens is 277 g/mol. The summed E-state index contributed by atoms with van der Waals surface area (Å²) in [6.07, 6.45) is 2.59. The number of hydrogen-bond acceptors (Lipinski definition) is 4. The molecular formula is C14H12FN3OS. The Balaban J connectivity index is 1.84. The molecule has 0 unspecified atom stereocenters. The van der Waals surface area contributed by atoms with Crippen molar-refractivity contribution in [2.24, 2.45) is 0 Å². The van der Waals surface area contributed by atoms with Crippen LogP contribution in [0.25, 0.3) is 4.96 Å². The molecule has 0 spiro atoms. The number of thiazole rings is 1. The number of fused-ring (bicyclic) bond motifs is 1. The van der Waals surface area contributed by atoms with E-state index in [4.69, 9.17) is 0 Å². The number of rotatable bonds is 4. The minimum atomic E-state index is -0.218. The average molecular weight is 289 g/mol. The molecule has 0 aliphatic rings. The molecule has 0 fully saturated rings. The lowest BCUT2D eigenvalue weighted by atomic mass is 10.1. The first-order valence-corrected chi connectivity index (χ1v) is 6.96. The average Bonchev–Trinajstić information content (AvgIpc) is 3.00. The van der Waals surface area contributed by atoms with Crippen molar-refractivity contribution in [2.45, 2.75) is 13.5 Å². The molecule has 2 aromatic heterocycles. The number of aryl methyl sites for hydroxylation is 1. The number of nitrogens with zero attached hydrogens (tertiary/aromatic N) is 2. The fraction of sp³-hybridized carbons (Fsp3) is 0.143. The van der Waals surface area contributed by atoms with Gasteiger partial charge in [0.05, 0.1) is 0 Å². The van der Waals surface area contributed by atoms with E-state index in [0.717, 1.165) is 16.8 Å². The standard InChI is InChI=1S/C14H12FN3OS/c1-9-6-10(2-3-11(9)15)7-16-13-12(8-19)18-4-5-20-14(18)17-13/h2-6,8,16H,7H2,1H3. The fourth-order valence-corrected chi connectivity index (χ4v) is 2.77. The third-order valence-electron chi connectivity index (χ3n) is 3.09. The summed E-state index contributed by atoms with van der Waals surface area (Å²) in [5.74, 6) is 0.332. The Hall–Kier alpha value is -2.21. The number of aldehydes is 1. The molecule has 0 saturated carbocycles. The normalized spacial score (nSPS) is 10.9. The second-order valence-electron chi connectivity index (χ2n) is 4.46. The highest BCUT2D eigenvalue weighted by molar-refractivity contribution is 7.15. The summed E-state index contributed by atoms with van der Waals surface area (Å²) in [5.41, 5.74) is 2.04. The summed E-state index contributed by atoms with van der Waals surface area (Å²) < 4.78 is 14.9. The first-order chi connectivity index (χ1) is 9.69. The highest BCUT2D eigenvalue weighted by atomic mass is 32.1. The predicted octanol–water partition coefficient (Wildman–Crippen LogP) is 3.27. The van der Waals surface area contributed by atoms with Gasteiger partial charge in [0.25, 0.3) is 0 Å². The summed E-state index contributed by atoms with van der Waals surface area (Å²) in [6, 6.07) is 4.94. The van der Waals surface area contributed by atoms with Crippen LogP contribution in [0, 0.1) is 12.7 Å². The van der Waals surface area contributed by atoms with Crippen molar-refractivity contribution in [3.8, 4) is 0 Å². The number of nitrogens with one attached hydrogen (secondary N) is 1. The van der Waals surface area contributed by atoms with Crippen LogP contribution >= 0.6 is 11.3 Å². The van der Waals surface area contributed by atoms with E-state index in [1.165, 1.54) is 17.4 Å². The molecule has 1 N–H and O–H groups in total. The fourth-order valence-electron chi connectivity index (χ4n) is 2.05. The van der Waals surface area contributed by atoms with Gasteiger partial charge in [-0.2, -0.15) is 0 Å². The van der Waals surface area contributed by atoms with Gasteiger partial charge in [-0.25, -0.2) is 9.37 Å². The van der Waals surface area contributed by atoms with Crippen molar-refractivity contribution in [1.82, 2.24) is 9.38 Å². The topological polar surface area (TPSA) is 46.4 Å². The van der Waals surface area contributed by atoms with Gasteiger partial charge in [0, 0.05) is 18.1 Å². The molecule has 0 aliphatic carbocycles. The number of halogens is 1. The van der Waals surface area contributed by atoms with Gasteiger partial charge < -0.3 is 5.32 Å². The van der Waals surface area contributed by atoms with Crippen LogP contribution in [0.5, 0.6) is 0 Å². The van der Waals surface area contributed by atoms with Gasteiger partial charge in [-0.3, -0.25) is 9.20 Å². The van der Waals surface area contributed by atoms with E-state index in [1.54, 1.807) is 23.5 Å². The molecule has 0 atom stereocenters. The number of imidazole rings is 1. The SMILES string of the molecule is Cc1cc(CNc2nc3sccn3c2C=O)ccc1F. The van der Waals surface area contributed by atoms with Crippen LogP contribution < -0.4 is 5.32 Å².